The van der Waals surface area contributed by atoms with Crippen LogP contribution in [0.2, 0.25) is 5.28 Å². The first-order chi connectivity index (χ1) is 9.56. The lowest BCUT2D eigenvalue weighted by Crippen LogP contribution is -2.22. The first-order valence-electron chi connectivity index (χ1n) is 6.45. The van der Waals surface area contributed by atoms with Crippen LogP contribution in [0.15, 0.2) is 4.47 Å². The van der Waals surface area contributed by atoms with E-state index >= 15 is 0 Å². The first kappa shape index (κ1) is 13.8. The molecule has 106 valence electrons. The molecule has 3 rings (SSSR count). The zero-order valence-corrected chi connectivity index (χ0v) is 13.6. The van der Waals surface area contributed by atoms with E-state index in [1.807, 2.05) is 13.8 Å². The predicted molar refractivity (Wildman–Crippen MR) is 80.6 cm³/mol. The minimum absolute atomic E-state index is 0.195. The maximum absolute atomic E-state index is 6.04. The topological polar surface area (TPSA) is 59.7 Å². The van der Waals surface area contributed by atoms with Gasteiger partial charge in [0.15, 0.2) is 0 Å². The van der Waals surface area contributed by atoms with Crippen LogP contribution in [0.1, 0.15) is 24.2 Å². The molecule has 2 aromatic heterocycles. The SMILES string of the molecule is Cc1nn(-c2nc(Cl)nc(N3CCCC3)n2)c(C)c1Br. The van der Waals surface area contributed by atoms with E-state index in [1.54, 1.807) is 4.68 Å². The van der Waals surface area contributed by atoms with Gasteiger partial charge in [0.05, 0.1) is 15.9 Å². The summed E-state index contributed by atoms with van der Waals surface area (Å²) < 4.78 is 2.64. The van der Waals surface area contributed by atoms with E-state index in [0.29, 0.717) is 11.9 Å². The Morgan fingerprint density at radius 2 is 1.70 bits per heavy atom. The van der Waals surface area contributed by atoms with E-state index in [2.05, 4.69) is 40.9 Å². The normalized spacial score (nSPS) is 15.1. The van der Waals surface area contributed by atoms with Crippen molar-refractivity contribution in [3.63, 3.8) is 0 Å². The number of halogens is 2. The second-order valence-corrected chi connectivity index (χ2v) is 5.93. The lowest BCUT2D eigenvalue weighted by Gasteiger charge is -2.15. The van der Waals surface area contributed by atoms with Crippen molar-refractivity contribution in [2.45, 2.75) is 26.7 Å². The Labute approximate surface area is 130 Å². The summed E-state index contributed by atoms with van der Waals surface area (Å²) >= 11 is 9.54. The minimum Gasteiger partial charge on any atom is -0.341 e. The van der Waals surface area contributed by atoms with Gasteiger partial charge in [-0.3, -0.25) is 0 Å². The van der Waals surface area contributed by atoms with Gasteiger partial charge in [0.25, 0.3) is 5.95 Å². The summed E-state index contributed by atoms with van der Waals surface area (Å²) in [6.45, 7) is 5.80. The highest BCUT2D eigenvalue weighted by Crippen LogP contribution is 2.23. The number of aromatic nitrogens is 5. The van der Waals surface area contributed by atoms with E-state index in [1.165, 1.54) is 0 Å². The molecule has 0 N–H and O–H groups in total. The molecule has 0 bridgehead atoms. The average molecular weight is 358 g/mol. The molecule has 3 heterocycles. The maximum atomic E-state index is 6.04. The molecule has 20 heavy (non-hydrogen) atoms. The molecule has 6 nitrogen and oxygen atoms in total. The molecular weight excluding hydrogens is 344 g/mol. The second kappa shape index (κ2) is 5.29. The highest BCUT2D eigenvalue weighted by molar-refractivity contribution is 9.10. The zero-order valence-electron chi connectivity index (χ0n) is 11.3. The zero-order chi connectivity index (χ0) is 14.3. The van der Waals surface area contributed by atoms with Gasteiger partial charge in [-0.05, 0) is 54.2 Å². The summed E-state index contributed by atoms with van der Waals surface area (Å²) in [6.07, 6.45) is 2.31. The van der Waals surface area contributed by atoms with Crippen LogP contribution in [0.5, 0.6) is 0 Å². The predicted octanol–water partition coefficient (Wildman–Crippen LogP) is 2.69. The van der Waals surface area contributed by atoms with E-state index < -0.39 is 0 Å². The van der Waals surface area contributed by atoms with Gasteiger partial charge in [0, 0.05) is 13.1 Å². The third-order valence-corrected chi connectivity index (χ3v) is 4.68. The lowest BCUT2D eigenvalue weighted by molar-refractivity contribution is 0.753. The number of anilines is 1. The number of hydrogen-bond acceptors (Lipinski definition) is 5. The maximum Gasteiger partial charge on any atom is 0.256 e. The highest BCUT2D eigenvalue weighted by atomic mass is 79.9. The molecule has 1 fully saturated rings. The Balaban J connectivity index is 2.07. The van der Waals surface area contributed by atoms with Crippen molar-refractivity contribution in [2.75, 3.05) is 18.0 Å². The van der Waals surface area contributed by atoms with Crippen molar-refractivity contribution in [1.29, 1.82) is 0 Å². The summed E-state index contributed by atoms with van der Waals surface area (Å²) in [4.78, 5) is 15.0. The number of nitrogens with zero attached hydrogens (tertiary/aromatic N) is 6. The molecule has 0 radical (unpaired) electrons. The average Bonchev–Trinajstić information content (AvgIpc) is 3.03. The largest absolute Gasteiger partial charge is 0.341 e. The number of hydrogen-bond donors (Lipinski definition) is 0. The second-order valence-electron chi connectivity index (χ2n) is 4.80. The summed E-state index contributed by atoms with van der Waals surface area (Å²) in [6, 6.07) is 0. The molecule has 0 atom stereocenters. The molecule has 0 unspecified atom stereocenters. The molecule has 2 aromatic rings. The van der Waals surface area contributed by atoms with Gasteiger partial charge in [-0.2, -0.15) is 20.1 Å². The summed E-state index contributed by atoms with van der Waals surface area (Å²) in [5.74, 6) is 1.08. The minimum atomic E-state index is 0.195. The highest BCUT2D eigenvalue weighted by Gasteiger charge is 2.19. The Morgan fingerprint density at radius 3 is 2.30 bits per heavy atom. The molecule has 0 spiro atoms. The third-order valence-electron chi connectivity index (χ3n) is 3.37. The van der Waals surface area contributed by atoms with E-state index in [9.17, 15) is 0 Å². The van der Waals surface area contributed by atoms with Gasteiger partial charge in [-0.15, -0.1) is 0 Å². The van der Waals surface area contributed by atoms with Gasteiger partial charge in [0.2, 0.25) is 11.2 Å². The molecule has 0 aromatic carbocycles. The Bertz CT molecular complexity index is 650. The smallest absolute Gasteiger partial charge is 0.256 e. The van der Waals surface area contributed by atoms with Gasteiger partial charge < -0.3 is 4.90 Å². The fourth-order valence-electron chi connectivity index (χ4n) is 2.30. The van der Waals surface area contributed by atoms with Crippen LogP contribution in [0.4, 0.5) is 5.95 Å². The first-order valence-corrected chi connectivity index (χ1v) is 7.62. The van der Waals surface area contributed by atoms with Crippen molar-refractivity contribution < 1.29 is 0 Å². The van der Waals surface area contributed by atoms with Crippen LogP contribution < -0.4 is 4.90 Å². The Morgan fingerprint density at radius 1 is 1.05 bits per heavy atom. The fourth-order valence-corrected chi connectivity index (χ4v) is 2.70. The molecule has 1 saturated heterocycles. The standard InChI is InChI=1S/C12H14BrClN6/c1-7-9(13)8(2)20(18-7)12-16-10(14)15-11(17-12)19-5-3-4-6-19/h3-6H2,1-2H3. The summed E-state index contributed by atoms with van der Waals surface area (Å²) in [7, 11) is 0. The van der Waals surface area contributed by atoms with Crippen LogP contribution in [-0.4, -0.2) is 37.8 Å². The molecule has 8 heteroatoms. The van der Waals surface area contributed by atoms with Gasteiger partial charge >= 0.3 is 0 Å². The molecule has 1 aliphatic rings. The van der Waals surface area contributed by atoms with E-state index in [-0.39, 0.29) is 5.28 Å². The van der Waals surface area contributed by atoms with Crippen molar-refractivity contribution in [3.8, 4) is 5.95 Å². The van der Waals surface area contributed by atoms with Crippen molar-refractivity contribution in [3.05, 3.63) is 21.1 Å². The quantitative estimate of drug-likeness (QED) is 0.827. The van der Waals surface area contributed by atoms with Crippen molar-refractivity contribution in [2.24, 2.45) is 0 Å². The fraction of sp³-hybridized carbons (Fsp3) is 0.500. The van der Waals surface area contributed by atoms with E-state index in [4.69, 9.17) is 11.6 Å². The molecule has 0 amide bonds. The number of aryl methyl sites for hydroxylation is 1. The molecule has 0 aliphatic carbocycles. The summed E-state index contributed by atoms with van der Waals surface area (Å²) in [5, 5.41) is 4.62. The van der Waals surface area contributed by atoms with Crippen LogP contribution in [-0.2, 0) is 0 Å². The van der Waals surface area contributed by atoms with E-state index in [0.717, 1.165) is 41.8 Å². The Hall–Kier alpha value is -1.21. The van der Waals surface area contributed by atoms with Crippen LogP contribution >= 0.6 is 27.5 Å². The monoisotopic (exact) mass is 356 g/mol. The van der Waals surface area contributed by atoms with Crippen LogP contribution in [0.25, 0.3) is 5.95 Å². The summed E-state index contributed by atoms with van der Waals surface area (Å²) in [5.41, 5.74) is 1.83. The Kier molecular flexibility index (Phi) is 3.64. The molecule has 0 saturated carbocycles. The molecule has 1 aliphatic heterocycles. The molecular formula is C12H14BrClN6. The van der Waals surface area contributed by atoms with Gasteiger partial charge in [-0.1, -0.05) is 0 Å². The lowest BCUT2D eigenvalue weighted by atomic mass is 10.4. The van der Waals surface area contributed by atoms with Crippen LogP contribution in [0.3, 0.4) is 0 Å². The van der Waals surface area contributed by atoms with Crippen molar-refractivity contribution in [1.82, 2.24) is 24.7 Å². The third kappa shape index (κ3) is 2.40. The van der Waals surface area contributed by atoms with Gasteiger partial charge in [0.1, 0.15) is 0 Å². The van der Waals surface area contributed by atoms with Gasteiger partial charge in [-0.25, -0.2) is 4.68 Å². The van der Waals surface area contributed by atoms with Crippen molar-refractivity contribution >= 4 is 33.5 Å². The van der Waals surface area contributed by atoms with Crippen LogP contribution in [0, 0.1) is 13.8 Å². The number of rotatable bonds is 2.